The molecule has 0 aliphatic rings. The van der Waals surface area contributed by atoms with E-state index in [1.54, 1.807) is 0 Å². The second kappa shape index (κ2) is 5.40. The number of hydrogen-bond acceptors (Lipinski definition) is 5. The fourth-order valence-electron chi connectivity index (χ4n) is 1.63. The summed E-state index contributed by atoms with van der Waals surface area (Å²) in [6, 6.07) is 7.64. The van der Waals surface area contributed by atoms with E-state index in [0.717, 1.165) is 11.3 Å². The zero-order chi connectivity index (χ0) is 13.9. The highest BCUT2D eigenvalue weighted by atomic mass is 16.5. The van der Waals surface area contributed by atoms with E-state index < -0.39 is 0 Å². The van der Waals surface area contributed by atoms with Gasteiger partial charge < -0.3 is 15.0 Å². The molecule has 0 radical (unpaired) electrons. The lowest BCUT2D eigenvalue weighted by Gasteiger charge is -2.15. The summed E-state index contributed by atoms with van der Waals surface area (Å²) in [4.78, 5) is 4.43. The number of hydrogen-bond donors (Lipinski definition) is 1. The van der Waals surface area contributed by atoms with Crippen LogP contribution in [0.3, 0.4) is 0 Å². The van der Waals surface area contributed by atoms with Crippen molar-refractivity contribution in [2.24, 2.45) is 5.73 Å². The quantitative estimate of drug-likeness (QED) is 0.894. The summed E-state index contributed by atoms with van der Waals surface area (Å²) < 4.78 is 10.9. The predicted octanol–water partition coefficient (Wildman–Crippen LogP) is 2.37. The highest BCUT2D eigenvalue weighted by molar-refractivity contribution is 5.63. The maximum Gasteiger partial charge on any atom is 0.233 e. The molecule has 0 spiro atoms. The van der Waals surface area contributed by atoms with E-state index >= 15 is 0 Å². The summed E-state index contributed by atoms with van der Waals surface area (Å²) in [5.41, 5.74) is 6.21. The zero-order valence-corrected chi connectivity index (χ0v) is 11.5. The molecule has 5 nitrogen and oxygen atoms in total. The van der Waals surface area contributed by atoms with Crippen molar-refractivity contribution in [3.63, 3.8) is 0 Å². The van der Waals surface area contributed by atoms with Crippen LogP contribution in [0.2, 0.25) is 0 Å². The van der Waals surface area contributed by atoms with Crippen molar-refractivity contribution in [2.75, 3.05) is 13.2 Å². The Morgan fingerprint density at radius 1 is 1.32 bits per heavy atom. The Hall–Kier alpha value is -1.88. The minimum atomic E-state index is -0.328. The fourth-order valence-corrected chi connectivity index (χ4v) is 1.63. The molecule has 0 saturated carbocycles. The summed E-state index contributed by atoms with van der Waals surface area (Å²) in [6.45, 7) is 6.92. The van der Waals surface area contributed by atoms with Gasteiger partial charge in [-0.3, -0.25) is 0 Å². The minimum Gasteiger partial charge on any atom is -0.493 e. The van der Waals surface area contributed by atoms with Crippen molar-refractivity contribution in [3.8, 4) is 17.1 Å². The number of ether oxygens (including phenoxy) is 1. The number of nitrogens with two attached hydrogens (primary N) is 1. The molecule has 19 heavy (non-hydrogen) atoms. The van der Waals surface area contributed by atoms with Gasteiger partial charge in [-0.1, -0.05) is 17.3 Å². The van der Waals surface area contributed by atoms with Gasteiger partial charge in [0.25, 0.3) is 0 Å². The molecule has 1 aromatic carbocycles. The van der Waals surface area contributed by atoms with Crippen LogP contribution in [-0.4, -0.2) is 23.3 Å². The van der Waals surface area contributed by atoms with E-state index in [-0.39, 0.29) is 5.41 Å². The monoisotopic (exact) mass is 261 g/mol. The van der Waals surface area contributed by atoms with Gasteiger partial charge in [-0.2, -0.15) is 4.98 Å². The van der Waals surface area contributed by atoms with Crippen molar-refractivity contribution < 1.29 is 9.26 Å². The van der Waals surface area contributed by atoms with E-state index in [0.29, 0.717) is 24.9 Å². The molecule has 5 heteroatoms. The summed E-state index contributed by atoms with van der Waals surface area (Å²) in [6.07, 6.45) is 0. The van der Waals surface area contributed by atoms with E-state index in [1.807, 2.05) is 45.0 Å². The Balaban J connectivity index is 2.38. The summed E-state index contributed by atoms with van der Waals surface area (Å²) in [5, 5.41) is 4.02. The summed E-state index contributed by atoms with van der Waals surface area (Å²) in [5.74, 6) is 1.82. The lowest BCUT2D eigenvalue weighted by Crippen LogP contribution is -2.28. The van der Waals surface area contributed by atoms with Crippen molar-refractivity contribution in [2.45, 2.75) is 26.2 Å². The van der Waals surface area contributed by atoms with Crippen molar-refractivity contribution in [3.05, 3.63) is 30.2 Å². The summed E-state index contributed by atoms with van der Waals surface area (Å²) >= 11 is 0. The number of aromatic nitrogens is 2. The lowest BCUT2D eigenvalue weighted by atomic mass is 9.94. The van der Waals surface area contributed by atoms with Crippen molar-refractivity contribution in [1.82, 2.24) is 10.1 Å². The summed E-state index contributed by atoms with van der Waals surface area (Å²) in [7, 11) is 0. The molecular formula is C14H19N3O2. The average Bonchev–Trinajstić information content (AvgIpc) is 2.90. The third kappa shape index (κ3) is 2.76. The molecule has 0 unspecified atom stereocenters. The maximum absolute atomic E-state index is 5.71. The van der Waals surface area contributed by atoms with E-state index in [4.69, 9.17) is 15.0 Å². The van der Waals surface area contributed by atoms with Crippen LogP contribution in [0.25, 0.3) is 11.4 Å². The molecule has 2 N–H and O–H groups in total. The van der Waals surface area contributed by atoms with Crippen molar-refractivity contribution in [1.29, 1.82) is 0 Å². The van der Waals surface area contributed by atoms with Gasteiger partial charge in [0, 0.05) is 6.54 Å². The normalized spacial score (nSPS) is 11.6. The molecular weight excluding hydrogens is 242 g/mol. The molecule has 2 rings (SSSR count). The molecule has 102 valence electrons. The van der Waals surface area contributed by atoms with Gasteiger partial charge in [0.15, 0.2) is 0 Å². The Kier molecular flexibility index (Phi) is 3.85. The average molecular weight is 261 g/mol. The topological polar surface area (TPSA) is 74.2 Å². The third-order valence-corrected chi connectivity index (χ3v) is 2.94. The maximum atomic E-state index is 5.71. The lowest BCUT2D eigenvalue weighted by molar-refractivity contribution is 0.311. The minimum absolute atomic E-state index is 0.328. The number of benzene rings is 1. The largest absolute Gasteiger partial charge is 0.493 e. The van der Waals surface area contributed by atoms with Gasteiger partial charge in [-0.25, -0.2) is 0 Å². The number of para-hydroxylation sites is 1. The van der Waals surface area contributed by atoms with Gasteiger partial charge >= 0.3 is 0 Å². The van der Waals surface area contributed by atoms with Crippen LogP contribution in [0.4, 0.5) is 0 Å². The van der Waals surface area contributed by atoms with Gasteiger partial charge in [0.05, 0.1) is 17.6 Å². The molecule has 0 atom stereocenters. The SMILES string of the molecule is CCOc1ccccc1-c1noc(C(C)(C)CN)n1. The van der Waals surface area contributed by atoms with Gasteiger partial charge in [0.2, 0.25) is 11.7 Å². The molecule has 0 saturated heterocycles. The zero-order valence-electron chi connectivity index (χ0n) is 11.5. The molecule has 1 heterocycles. The van der Waals surface area contributed by atoms with Crippen LogP contribution in [0.5, 0.6) is 5.75 Å². The second-order valence-electron chi connectivity index (χ2n) is 4.94. The fraction of sp³-hybridized carbons (Fsp3) is 0.429. The standard InChI is InChI=1S/C14H19N3O2/c1-4-18-11-8-6-5-7-10(11)12-16-13(19-17-12)14(2,3)9-15/h5-8H,4,9,15H2,1-3H3. The van der Waals surface area contributed by atoms with Crippen LogP contribution in [0, 0.1) is 0 Å². The molecule has 2 aromatic rings. The molecule has 1 aromatic heterocycles. The van der Waals surface area contributed by atoms with Crippen LogP contribution < -0.4 is 10.5 Å². The Morgan fingerprint density at radius 2 is 2.05 bits per heavy atom. The third-order valence-electron chi connectivity index (χ3n) is 2.94. The molecule has 0 aliphatic heterocycles. The van der Waals surface area contributed by atoms with Crippen LogP contribution in [0.1, 0.15) is 26.7 Å². The molecule has 0 aliphatic carbocycles. The van der Waals surface area contributed by atoms with Crippen LogP contribution >= 0.6 is 0 Å². The predicted molar refractivity (Wildman–Crippen MR) is 73.0 cm³/mol. The smallest absolute Gasteiger partial charge is 0.233 e. The highest BCUT2D eigenvalue weighted by Gasteiger charge is 2.26. The van der Waals surface area contributed by atoms with Gasteiger partial charge in [-0.15, -0.1) is 0 Å². The second-order valence-corrected chi connectivity index (χ2v) is 4.94. The first kappa shape index (κ1) is 13.5. The number of nitrogens with zero attached hydrogens (tertiary/aromatic N) is 2. The first-order chi connectivity index (χ1) is 9.08. The Labute approximate surface area is 112 Å². The Bertz CT molecular complexity index is 549. The highest BCUT2D eigenvalue weighted by Crippen LogP contribution is 2.29. The molecule has 0 fully saturated rings. The van der Waals surface area contributed by atoms with Gasteiger partial charge in [-0.05, 0) is 32.9 Å². The van der Waals surface area contributed by atoms with Crippen molar-refractivity contribution >= 4 is 0 Å². The van der Waals surface area contributed by atoms with Crippen LogP contribution in [0.15, 0.2) is 28.8 Å². The Morgan fingerprint density at radius 3 is 2.74 bits per heavy atom. The van der Waals surface area contributed by atoms with Crippen LogP contribution in [-0.2, 0) is 5.41 Å². The number of rotatable bonds is 5. The van der Waals surface area contributed by atoms with E-state index in [2.05, 4.69) is 10.1 Å². The molecule has 0 bridgehead atoms. The van der Waals surface area contributed by atoms with E-state index in [1.165, 1.54) is 0 Å². The van der Waals surface area contributed by atoms with E-state index in [9.17, 15) is 0 Å². The first-order valence-electron chi connectivity index (χ1n) is 6.35. The first-order valence-corrected chi connectivity index (χ1v) is 6.35. The molecule has 0 amide bonds. The van der Waals surface area contributed by atoms with Gasteiger partial charge in [0.1, 0.15) is 5.75 Å².